The van der Waals surface area contributed by atoms with E-state index in [1.165, 1.54) is 4.31 Å². The zero-order valence-electron chi connectivity index (χ0n) is 13.4. The second-order valence-electron chi connectivity index (χ2n) is 7.61. The minimum absolute atomic E-state index is 0.0283. The van der Waals surface area contributed by atoms with Crippen LogP contribution >= 0.6 is 0 Å². The van der Waals surface area contributed by atoms with Crippen molar-refractivity contribution in [1.29, 1.82) is 0 Å². The van der Waals surface area contributed by atoms with Crippen LogP contribution in [-0.2, 0) is 15.0 Å². The molecule has 2 aliphatic heterocycles. The standard InChI is InChI=1S/C15H26N2O4S/c1-11-6-12(2)8-16(7-11)22(20,21)17-9-13-4-3-5-15(13,10-17)14(18)19/h11-13H,3-10H2,1-2H3,(H,18,19)/t11?,12?,13-,15+/m0/s1. The van der Waals surface area contributed by atoms with Crippen LogP contribution in [0.15, 0.2) is 0 Å². The van der Waals surface area contributed by atoms with Crippen molar-refractivity contribution in [3.63, 3.8) is 0 Å². The summed E-state index contributed by atoms with van der Waals surface area (Å²) in [7, 11) is -3.54. The van der Waals surface area contributed by atoms with Gasteiger partial charge >= 0.3 is 5.97 Å². The molecule has 3 rings (SSSR count). The van der Waals surface area contributed by atoms with Crippen LogP contribution in [0.5, 0.6) is 0 Å². The number of carbonyl (C=O) groups is 1. The molecule has 0 bridgehead atoms. The van der Waals surface area contributed by atoms with Crippen LogP contribution in [0.3, 0.4) is 0 Å². The van der Waals surface area contributed by atoms with Crippen molar-refractivity contribution in [3.8, 4) is 0 Å². The molecule has 0 radical (unpaired) electrons. The average molecular weight is 330 g/mol. The van der Waals surface area contributed by atoms with E-state index < -0.39 is 21.6 Å². The summed E-state index contributed by atoms with van der Waals surface area (Å²) >= 11 is 0. The molecule has 0 aromatic rings. The van der Waals surface area contributed by atoms with Crippen LogP contribution in [-0.4, -0.2) is 54.3 Å². The molecule has 126 valence electrons. The van der Waals surface area contributed by atoms with Crippen LogP contribution in [0, 0.1) is 23.2 Å². The lowest BCUT2D eigenvalue weighted by molar-refractivity contribution is -0.149. The number of carboxylic acids is 1. The number of fused-ring (bicyclic) bond motifs is 1. The largest absolute Gasteiger partial charge is 0.481 e. The average Bonchev–Trinajstić information content (AvgIpc) is 2.94. The number of piperidine rings is 1. The van der Waals surface area contributed by atoms with Crippen LogP contribution in [0.4, 0.5) is 0 Å². The number of hydrogen-bond acceptors (Lipinski definition) is 3. The first kappa shape index (κ1) is 16.2. The van der Waals surface area contributed by atoms with Crippen molar-refractivity contribution in [2.75, 3.05) is 26.2 Å². The fourth-order valence-electron chi connectivity index (χ4n) is 4.73. The lowest BCUT2D eigenvalue weighted by atomic mass is 9.81. The third-order valence-corrected chi connectivity index (χ3v) is 7.63. The molecule has 0 spiro atoms. The van der Waals surface area contributed by atoms with Crippen LogP contribution in [0.25, 0.3) is 0 Å². The molecular formula is C15H26N2O4S. The van der Waals surface area contributed by atoms with Gasteiger partial charge in [-0.15, -0.1) is 0 Å². The molecule has 1 saturated carbocycles. The van der Waals surface area contributed by atoms with Crippen molar-refractivity contribution < 1.29 is 18.3 Å². The van der Waals surface area contributed by atoms with Gasteiger partial charge < -0.3 is 5.11 Å². The van der Waals surface area contributed by atoms with E-state index >= 15 is 0 Å². The maximum absolute atomic E-state index is 12.9. The second-order valence-corrected chi connectivity index (χ2v) is 9.54. The van der Waals surface area contributed by atoms with Gasteiger partial charge in [-0.25, -0.2) is 0 Å². The van der Waals surface area contributed by atoms with E-state index in [0.717, 1.165) is 19.3 Å². The van der Waals surface area contributed by atoms with E-state index in [1.807, 2.05) is 0 Å². The van der Waals surface area contributed by atoms with Crippen molar-refractivity contribution in [2.45, 2.75) is 39.5 Å². The van der Waals surface area contributed by atoms with E-state index in [4.69, 9.17) is 0 Å². The summed E-state index contributed by atoms with van der Waals surface area (Å²) in [5.41, 5.74) is -0.847. The van der Waals surface area contributed by atoms with Gasteiger partial charge in [0.15, 0.2) is 0 Å². The Morgan fingerprint density at radius 1 is 1.14 bits per heavy atom. The third-order valence-electron chi connectivity index (χ3n) is 5.75. The van der Waals surface area contributed by atoms with E-state index in [0.29, 0.717) is 37.9 Å². The fourth-order valence-corrected chi connectivity index (χ4v) is 6.70. The SMILES string of the molecule is CC1CC(C)CN(S(=O)(=O)N2C[C@@H]3CCC[C@@]3(C(=O)O)C2)C1. The normalized spacial score (nSPS) is 40.7. The summed E-state index contributed by atoms with van der Waals surface area (Å²) in [6.45, 7) is 5.77. The summed E-state index contributed by atoms with van der Waals surface area (Å²) in [5.74, 6) is -0.143. The maximum Gasteiger partial charge on any atom is 0.311 e. The zero-order chi connectivity index (χ0) is 16.1. The molecule has 1 N–H and O–H groups in total. The predicted octanol–water partition coefficient (Wildman–Crippen LogP) is 1.40. The Hall–Kier alpha value is -0.660. The second kappa shape index (κ2) is 5.46. The first-order valence-electron chi connectivity index (χ1n) is 8.24. The maximum atomic E-state index is 12.9. The van der Waals surface area contributed by atoms with Crippen molar-refractivity contribution >= 4 is 16.2 Å². The lowest BCUT2D eigenvalue weighted by Gasteiger charge is -2.36. The van der Waals surface area contributed by atoms with Gasteiger partial charge in [-0.2, -0.15) is 17.0 Å². The molecule has 6 nitrogen and oxygen atoms in total. The zero-order valence-corrected chi connectivity index (χ0v) is 14.2. The molecular weight excluding hydrogens is 304 g/mol. The van der Waals surface area contributed by atoms with Gasteiger partial charge in [-0.1, -0.05) is 20.3 Å². The van der Waals surface area contributed by atoms with Crippen LogP contribution < -0.4 is 0 Å². The van der Waals surface area contributed by atoms with Gasteiger partial charge in [0.1, 0.15) is 0 Å². The highest BCUT2D eigenvalue weighted by Crippen LogP contribution is 2.49. The highest BCUT2D eigenvalue weighted by molar-refractivity contribution is 7.86. The van der Waals surface area contributed by atoms with E-state index in [9.17, 15) is 18.3 Å². The fraction of sp³-hybridized carbons (Fsp3) is 0.933. The Kier molecular flexibility index (Phi) is 4.02. The molecule has 4 atom stereocenters. The van der Waals surface area contributed by atoms with Gasteiger partial charge in [0.25, 0.3) is 10.2 Å². The highest BCUT2D eigenvalue weighted by atomic mass is 32.2. The topological polar surface area (TPSA) is 77.9 Å². The molecule has 2 saturated heterocycles. The number of rotatable bonds is 3. The van der Waals surface area contributed by atoms with E-state index in [2.05, 4.69) is 13.8 Å². The van der Waals surface area contributed by atoms with Gasteiger partial charge in [0.05, 0.1) is 5.41 Å². The molecule has 3 fully saturated rings. The van der Waals surface area contributed by atoms with Crippen LogP contribution in [0.1, 0.15) is 39.5 Å². The first-order chi connectivity index (χ1) is 10.3. The summed E-state index contributed by atoms with van der Waals surface area (Å²) in [6.07, 6.45) is 3.37. The molecule has 0 aromatic carbocycles. The Labute approximate surface area is 132 Å². The smallest absolute Gasteiger partial charge is 0.311 e. The molecule has 2 unspecified atom stereocenters. The number of hydrogen-bond donors (Lipinski definition) is 1. The molecule has 1 aliphatic carbocycles. The number of carboxylic acid groups (broad SMARTS) is 1. The molecule has 22 heavy (non-hydrogen) atoms. The van der Waals surface area contributed by atoms with Gasteiger partial charge in [-0.3, -0.25) is 4.79 Å². The predicted molar refractivity (Wildman–Crippen MR) is 82.4 cm³/mol. The van der Waals surface area contributed by atoms with Crippen molar-refractivity contribution in [1.82, 2.24) is 8.61 Å². The Balaban J connectivity index is 1.81. The summed E-state index contributed by atoms with van der Waals surface area (Å²) in [5, 5.41) is 9.62. The summed E-state index contributed by atoms with van der Waals surface area (Å²) in [6, 6.07) is 0. The third kappa shape index (κ3) is 2.47. The molecule has 7 heteroatoms. The molecule has 0 amide bonds. The van der Waals surface area contributed by atoms with Crippen molar-refractivity contribution in [3.05, 3.63) is 0 Å². The molecule has 0 aromatic heterocycles. The number of aliphatic carboxylic acids is 1. The van der Waals surface area contributed by atoms with E-state index in [1.54, 1.807) is 4.31 Å². The monoisotopic (exact) mass is 330 g/mol. The van der Waals surface area contributed by atoms with E-state index in [-0.39, 0.29) is 12.5 Å². The Bertz CT molecular complexity index is 554. The van der Waals surface area contributed by atoms with Gasteiger partial charge in [-0.05, 0) is 37.0 Å². The van der Waals surface area contributed by atoms with Crippen LogP contribution in [0.2, 0.25) is 0 Å². The number of nitrogens with zero attached hydrogens (tertiary/aromatic N) is 2. The Morgan fingerprint density at radius 2 is 1.77 bits per heavy atom. The molecule has 2 heterocycles. The highest BCUT2D eigenvalue weighted by Gasteiger charge is 2.57. The quantitative estimate of drug-likeness (QED) is 0.848. The molecule has 3 aliphatic rings. The minimum atomic E-state index is -3.54. The Morgan fingerprint density at radius 3 is 2.32 bits per heavy atom. The summed E-state index contributed by atoms with van der Waals surface area (Å²) in [4.78, 5) is 11.7. The van der Waals surface area contributed by atoms with Crippen molar-refractivity contribution in [2.24, 2.45) is 23.2 Å². The minimum Gasteiger partial charge on any atom is -0.481 e. The lowest BCUT2D eigenvalue weighted by Crippen LogP contribution is -2.49. The van der Waals surface area contributed by atoms with Gasteiger partial charge in [0, 0.05) is 26.2 Å². The van der Waals surface area contributed by atoms with Gasteiger partial charge in [0.2, 0.25) is 0 Å². The first-order valence-corrected chi connectivity index (χ1v) is 9.64. The summed E-state index contributed by atoms with van der Waals surface area (Å²) < 4.78 is 28.9.